The van der Waals surface area contributed by atoms with E-state index in [1.165, 1.54) is 23.1 Å². The Morgan fingerprint density at radius 2 is 1.85 bits per heavy atom. The van der Waals surface area contributed by atoms with Gasteiger partial charge in [0.2, 0.25) is 11.8 Å². The molecule has 3 aliphatic rings. The summed E-state index contributed by atoms with van der Waals surface area (Å²) in [5.41, 5.74) is 6.24. The van der Waals surface area contributed by atoms with Crippen molar-refractivity contribution in [3.05, 3.63) is 29.7 Å². The number of benzene rings is 1. The van der Waals surface area contributed by atoms with Gasteiger partial charge < -0.3 is 34.5 Å². The van der Waals surface area contributed by atoms with Crippen LogP contribution in [-0.4, -0.2) is 76.6 Å². The van der Waals surface area contributed by atoms with E-state index in [-0.39, 0.29) is 41.3 Å². The number of nitrogens with zero attached hydrogens (tertiary/aromatic N) is 3. The number of oxazole rings is 1. The third kappa shape index (κ3) is 6.03. The van der Waals surface area contributed by atoms with Crippen molar-refractivity contribution in [2.75, 3.05) is 26.2 Å². The Balaban J connectivity index is 1.34. The second-order valence-electron chi connectivity index (χ2n) is 10.4. The molecule has 40 heavy (non-hydrogen) atoms. The van der Waals surface area contributed by atoms with Crippen molar-refractivity contribution in [1.82, 2.24) is 14.8 Å². The minimum atomic E-state index is -3.02. The second kappa shape index (κ2) is 11.8. The Labute approximate surface area is 229 Å². The summed E-state index contributed by atoms with van der Waals surface area (Å²) < 4.78 is 42.0. The van der Waals surface area contributed by atoms with E-state index >= 15 is 0 Å². The summed E-state index contributed by atoms with van der Waals surface area (Å²) in [4.78, 5) is 45.7. The van der Waals surface area contributed by atoms with Crippen LogP contribution in [0.25, 0.3) is 11.5 Å². The molecule has 11 nitrogen and oxygen atoms in total. The molecule has 0 radical (unpaired) electrons. The molecule has 3 heterocycles. The van der Waals surface area contributed by atoms with Gasteiger partial charge in [0.05, 0.1) is 19.1 Å². The summed E-state index contributed by atoms with van der Waals surface area (Å²) in [6.45, 7) is -1.78. The molecule has 1 aromatic carbocycles. The van der Waals surface area contributed by atoms with Crippen molar-refractivity contribution in [1.29, 1.82) is 0 Å². The van der Waals surface area contributed by atoms with Crippen molar-refractivity contribution >= 4 is 17.8 Å². The first kappa shape index (κ1) is 27.8. The molecular weight excluding hydrogens is 530 g/mol. The van der Waals surface area contributed by atoms with E-state index < -0.39 is 30.4 Å². The van der Waals surface area contributed by atoms with Crippen molar-refractivity contribution in [3.63, 3.8) is 0 Å². The molecule has 0 spiro atoms. The van der Waals surface area contributed by atoms with Gasteiger partial charge in [0.25, 0.3) is 5.91 Å². The number of piperidine rings is 1. The van der Waals surface area contributed by atoms with E-state index in [0.717, 1.165) is 12.8 Å². The highest BCUT2D eigenvalue weighted by atomic mass is 19.3. The average molecular weight is 563 g/mol. The quantitative estimate of drug-likeness (QED) is 0.446. The SMILES string of the molecule is NCc1oc(-c2ccc(OC(F)F)c(OCC3CC3)c2)nc1C(=O)N1CCC[C@H]1C(=O)N1CCC(C(=O)O)CC1. The van der Waals surface area contributed by atoms with Gasteiger partial charge in [-0.1, -0.05) is 0 Å². The zero-order valence-electron chi connectivity index (χ0n) is 21.9. The predicted molar refractivity (Wildman–Crippen MR) is 136 cm³/mol. The molecular formula is C27H32F2N4O7. The lowest BCUT2D eigenvalue weighted by atomic mass is 9.96. The van der Waals surface area contributed by atoms with Crippen molar-refractivity contribution in [2.45, 2.75) is 57.7 Å². The van der Waals surface area contributed by atoms with Crippen LogP contribution >= 0.6 is 0 Å². The van der Waals surface area contributed by atoms with Gasteiger partial charge in [-0.15, -0.1) is 0 Å². The van der Waals surface area contributed by atoms with Crippen LogP contribution in [0, 0.1) is 11.8 Å². The second-order valence-corrected chi connectivity index (χ2v) is 10.4. The van der Waals surface area contributed by atoms with Crippen LogP contribution in [0.1, 0.15) is 54.8 Å². The summed E-state index contributed by atoms with van der Waals surface area (Å²) >= 11 is 0. The van der Waals surface area contributed by atoms with Crippen molar-refractivity contribution in [3.8, 4) is 23.0 Å². The molecule has 1 aromatic heterocycles. The van der Waals surface area contributed by atoms with Gasteiger partial charge in [0, 0.05) is 25.2 Å². The number of carbonyl (C=O) groups is 3. The number of aliphatic carboxylic acids is 1. The zero-order chi connectivity index (χ0) is 28.4. The maximum atomic E-state index is 13.6. The van der Waals surface area contributed by atoms with E-state index in [1.807, 2.05) is 0 Å². The molecule has 1 saturated carbocycles. The van der Waals surface area contributed by atoms with Gasteiger partial charge in [0.1, 0.15) is 6.04 Å². The molecule has 216 valence electrons. The number of amides is 2. The largest absolute Gasteiger partial charge is 0.489 e. The average Bonchev–Trinajstić information content (AvgIpc) is 3.46. The molecule has 0 bridgehead atoms. The first-order valence-electron chi connectivity index (χ1n) is 13.5. The molecule has 3 N–H and O–H groups in total. The Hall–Kier alpha value is -3.74. The highest BCUT2D eigenvalue weighted by molar-refractivity contribution is 5.97. The van der Waals surface area contributed by atoms with E-state index in [0.29, 0.717) is 63.4 Å². The van der Waals surface area contributed by atoms with Gasteiger partial charge in [-0.2, -0.15) is 8.78 Å². The minimum Gasteiger partial charge on any atom is -0.489 e. The molecule has 13 heteroatoms. The predicted octanol–water partition coefficient (Wildman–Crippen LogP) is 3.12. The molecule has 1 atom stereocenters. The number of carboxylic acid groups (broad SMARTS) is 1. The number of rotatable bonds is 10. The fraction of sp³-hybridized carbons (Fsp3) is 0.556. The number of likely N-dealkylation sites (tertiary alicyclic amines) is 2. The van der Waals surface area contributed by atoms with E-state index in [4.69, 9.17) is 14.9 Å². The number of carbonyl (C=O) groups excluding carboxylic acids is 2. The zero-order valence-corrected chi connectivity index (χ0v) is 21.9. The third-order valence-electron chi connectivity index (χ3n) is 7.62. The lowest BCUT2D eigenvalue weighted by molar-refractivity contribution is -0.146. The van der Waals surface area contributed by atoms with Crippen LogP contribution in [0.5, 0.6) is 11.5 Å². The van der Waals surface area contributed by atoms with Crippen LogP contribution in [0.2, 0.25) is 0 Å². The molecule has 2 aromatic rings. The van der Waals surface area contributed by atoms with Gasteiger partial charge in [-0.3, -0.25) is 14.4 Å². The van der Waals surface area contributed by atoms with E-state index in [9.17, 15) is 28.3 Å². The van der Waals surface area contributed by atoms with Gasteiger partial charge in [-0.25, -0.2) is 4.98 Å². The molecule has 2 aliphatic heterocycles. The fourth-order valence-electron chi connectivity index (χ4n) is 5.18. The van der Waals surface area contributed by atoms with Gasteiger partial charge in [0.15, 0.2) is 23.0 Å². The maximum Gasteiger partial charge on any atom is 0.387 e. The summed E-state index contributed by atoms with van der Waals surface area (Å²) in [6, 6.07) is 3.60. The number of alkyl halides is 2. The number of halogens is 2. The number of hydrogen-bond donors (Lipinski definition) is 2. The lowest BCUT2D eigenvalue weighted by Gasteiger charge is -2.34. The number of nitrogens with two attached hydrogens (primary N) is 1. The Morgan fingerprint density at radius 1 is 1.10 bits per heavy atom. The van der Waals surface area contributed by atoms with Crippen LogP contribution < -0.4 is 15.2 Å². The summed E-state index contributed by atoms with van der Waals surface area (Å²) in [6.07, 6.45) is 3.88. The summed E-state index contributed by atoms with van der Waals surface area (Å²) in [7, 11) is 0. The van der Waals surface area contributed by atoms with Crippen molar-refractivity contribution in [2.24, 2.45) is 17.6 Å². The fourth-order valence-corrected chi connectivity index (χ4v) is 5.18. The monoisotopic (exact) mass is 562 g/mol. The number of ether oxygens (including phenoxy) is 2. The van der Waals surface area contributed by atoms with Crippen molar-refractivity contribution < 1.29 is 42.2 Å². The van der Waals surface area contributed by atoms with Crippen LogP contribution in [-0.2, 0) is 16.1 Å². The summed E-state index contributed by atoms with van der Waals surface area (Å²) in [5, 5.41) is 9.24. The number of hydrogen-bond acceptors (Lipinski definition) is 8. The highest BCUT2D eigenvalue weighted by Gasteiger charge is 2.40. The highest BCUT2D eigenvalue weighted by Crippen LogP contribution is 2.37. The Morgan fingerprint density at radius 3 is 2.50 bits per heavy atom. The third-order valence-corrected chi connectivity index (χ3v) is 7.62. The lowest BCUT2D eigenvalue weighted by Crippen LogP contribution is -2.50. The first-order chi connectivity index (χ1) is 19.2. The van der Waals surface area contributed by atoms with Crippen LogP contribution in [0.3, 0.4) is 0 Å². The Bertz CT molecular complexity index is 1260. The first-order valence-corrected chi connectivity index (χ1v) is 13.5. The molecule has 0 unspecified atom stereocenters. The van der Waals surface area contributed by atoms with Gasteiger partial charge >= 0.3 is 12.6 Å². The standard InChI is InChI=1S/C27H32F2N4O7/c28-27(29)40-19-6-5-17(12-20(19)38-14-15-3-4-15)23-31-22(21(13-30)39-23)25(35)33-9-1-2-18(33)24(34)32-10-7-16(8-11-32)26(36)37/h5-6,12,15-16,18,27H,1-4,7-11,13-14,30H2,(H,36,37)/t18-/m0/s1. The molecule has 1 aliphatic carbocycles. The van der Waals surface area contributed by atoms with Crippen LogP contribution in [0.15, 0.2) is 22.6 Å². The number of carboxylic acids is 1. The molecule has 2 saturated heterocycles. The minimum absolute atomic E-state index is 0.0184. The molecule has 2 amide bonds. The van der Waals surface area contributed by atoms with E-state index in [2.05, 4.69) is 9.72 Å². The van der Waals surface area contributed by atoms with Crippen LogP contribution in [0.4, 0.5) is 8.78 Å². The topological polar surface area (TPSA) is 148 Å². The number of aromatic nitrogens is 1. The van der Waals surface area contributed by atoms with E-state index in [1.54, 1.807) is 4.90 Å². The van der Waals surface area contributed by atoms with Gasteiger partial charge in [-0.05, 0) is 62.6 Å². The normalized spacial score (nSPS) is 19.8. The summed E-state index contributed by atoms with van der Waals surface area (Å²) in [5.74, 6) is -1.48. The smallest absolute Gasteiger partial charge is 0.387 e. The Kier molecular flexibility index (Phi) is 8.19. The molecule has 5 rings (SSSR count). The molecule has 3 fully saturated rings. The maximum absolute atomic E-state index is 13.6.